The quantitative estimate of drug-likeness (QED) is 0.616. The number of hydrogen-bond donors (Lipinski definition) is 1. The summed E-state index contributed by atoms with van der Waals surface area (Å²) in [5.74, 6) is 0.713. The minimum Gasteiger partial charge on any atom is -0.489 e. The fraction of sp³-hybridized carbons (Fsp3) is 0.294. The maximum Gasteiger partial charge on any atom is 0.142 e. The van der Waals surface area contributed by atoms with Crippen molar-refractivity contribution in [2.45, 2.75) is 13.3 Å². The Hall–Kier alpha value is -2.00. The lowest BCUT2D eigenvalue weighted by atomic mass is 10.1. The summed E-state index contributed by atoms with van der Waals surface area (Å²) >= 11 is 0. The van der Waals surface area contributed by atoms with E-state index >= 15 is 0 Å². The third-order valence-corrected chi connectivity index (χ3v) is 2.95. The first-order valence-corrected chi connectivity index (χ1v) is 6.96. The molecule has 0 unspecified atom stereocenters. The standard InChI is InChI=1S/C17H21NO2/c1-2-10-19-11-12-20-17-9-8-15(13-16(17)18)14-6-4-3-5-7-14/h3-9,13H,2,10-12,18H2,1H3. The molecule has 0 amide bonds. The van der Waals surface area contributed by atoms with E-state index in [2.05, 4.69) is 19.1 Å². The third kappa shape index (κ3) is 4.00. The van der Waals surface area contributed by atoms with Gasteiger partial charge >= 0.3 is 0 Å². The summed E-state index contributed by atoms with van der Waals surface area (Å²) in [5, 5.41) is 0. The number of nitrogens with two attached hydrogens (primary N) is 1. The zero-order valence-corrected chi connectivity index (χ0v) is 11.8. The van der Waals surface area contributed by atoms with Gasteiger partial charge in [0, 0.05) is 6.61 Å². The Balaban J connectivity index is 1.96. The Labute approximate surface area is 120 Å². The molecular formula is C17H21NO2. The number of benzene rings is 2. The van der Waals surface area contributed by atoms with Crippen LogP contribution in [0.2, 0.25) is 0 Å². The van der Waals surface area contributed by atoms with E-state index in [1.165, 1.54) is 0 Å². The van der Waals surface area contributed by atoms with Crippen molar-refractivity contribution in [2.75, 3.05) is 25.6 Å². The van der Waals surface area contributed by atoms with Gasteiger partial charge in [0.1, 0.15) is 12.4 Å². The molecule has 2 aromatic rings. The maximum atomic E-state index is 6.03. The second-order valence-electron chi connectivity index (χ2n) is 4.58. The lowest BCUT2D eigenvalue weighted by Crippen LogP contribution is -2.08. The molecule has 0 atom stereocenters. The van der Waals surface area contributed by atoms with Crippen molar-refractivity contribution in [1.82, 2.24) is 0 Å². The highest BCUT2D eigenvalue weighted by molar-refractivity contribution is 5.70. The Morgan fingerprint density at radius 3 is 2.40 bits per heavy atom. The van der Waals surface area contributed by atoms with Gasteiger partial charge in [-0.05, 0) is 29.7 Å². The molecule has 20 heavy (non-hydrogen) atoms. The Bertz CT molecular complexity index is 526. The normalized spacial score (nSPS) is 10.4. The van der Waals surface area contributed by atoms with Crippen LogP contribution in [0.3, 0.4) is 0 Å². The predicted molar refractivity (Wildman–Crippen MR) is 82.9 cm³/mol. The van der Waals surface area contributed by atoms with Crippen molar-refractivity contribution in [3.63, 3.8) is 0 Å². The summed E-state index contributed by atoms with van der Waals surface area (Å²) in [6, 6.07) is 16.0. The summed E-state index contributed by atoms with van der Waals surface area (Å²) in [6.07, 6.45) is 1.02. The molecule has 0 saturated carbocycles. The molecule has 2 rings (SSSR count). The third-order valence-electron chi connectivity index (χ3n) is 2.95. The van der Waals surface area contributed by atoms with Crippen LogP contribution in [-0.4, -0.2) is 19.8 Å². The van der Waals surface area contributed by atoms with Crippen LogP contribution in [0, 0.1) is 0 Å². The van der Waals surface area contributed by atoms with Gasteiger partial charge < -0.3 is 15.2 Å². The van der Waals surface area contributed by atoms with Crippen LogP contribution in [0.4, 0.5) is 5.69 Å². The van der Waals surface area contributed by atoms with E-state index in [9.17, 15) is 0 Å². The van der Waals surface area contributed by atoms with Crippen LogP contribution in [-0.2, 0) is 4.74 Å². The van der Waals surface area contributed by atoms with Crippen LogP contribution < -0.4 is 10.5 Å². The largest absolute Gasteiger partial charge is 0.489 e. The van der Waals surface area contributed by atoms with E-state index < -0.39 is 0 Å². The van der Waals surface area contributed by atoms with Gasteiger partial charge in [-0.25, -0.2) is 0 Å². The summed E-state index contributed by atoms with van der Waals surface area (Å²) in [7, 11) is 0. The highest BCUT2D eigenvalue weighted by Crippen LogP contribution is 2.28. The van der Waals surface area contributed by atoms with Gasteiger partial charge in [0.15, 0.2) is 0 Å². The first-order valence-electron chi connectivity index (χ1n) is 6.96. The molecule has 0 fully saturated rings. The molecule has 0 spiro atoms. The Kier molecular flexibility index (Phi) is 5.44. The minimum atomic E-state index is 0.523. The first kappa shape index (κ1) is 14.4. The molecule has 0 aromatic heterocycles. The SMILES string of the molecule is CCCOCCOc1ccc(-c2ccccc2)cc1N. The molecule has 2 N–H and O–H groups in total. The van der Waals surface area contributed by atoms with Crippen molar-refractivity contribution < 1.29 is 9.47 Å². The summed E-state index contributed by atoms with van der Waals surface area (Å²) in [6.45, 7) is 3.97. The second-order valence-corrected chi connectivity index (χ2v) is 4.58. The topological polar surface area (TPSA) is 44.5 Å². The zero-order chi connectivity index (χ0) is 14.2. The number of anilines is 1. The van der Waals surface area contributed by atoms with Gasteiger partial charge in [0.2, 0.25) is 0 Å². The zero-order valence-electron chi connectivity index (χ0n) is 11.8. The molecular weight excluding hydrogens is 250 g/mol. The lowest BCUT2D eigenvalue weighted by molar-refractivity contribution is 0.101. The second kappa shape index (κ2) is 7.56. The number of nitrogen functional groups attached to an aromatic ring is 1. The first-order chi connectivity index (χ1) is 9.81. The van der Waals surface area contributed by atoms with E-state index in [0.29, 0.717) is 24.7 Å². The molecule has 2 aromatic carbocycles. The molecule has 106 valence electrons. The molecule has 0 bridgehead atoms. The van der Waals surface area contributed by atoms with Crippen LogP contribution in [0.15, 0.2) is 48.5 Å². The molecule has 0 radical (unpaired) electrons. The smallest absolute Gasteiger partial charge is 0.142 e. The number of hydrogen-bond acceptors (Lipinski definition) is 3. The highest BCUT2D eigenvalue weighted by atomic mass is 16.5. The number of ether oxygens (including phenoxy) is 2. The van der Waals surface area contributed by atoms with E-state index in [1.54, 1.807) is 0 Å². The summed E-state index contributed by atoms with van der Waals surface area (Å²) in [4.78, 5) is 0. The molecule has 0 aliphatic carbocycles. The van der Waals surface area contributed by atoms with E-state index in [1.807, 2.05) is 36.4 Å². The maximum absolute atomic E-state index is 6.03. The molecule has 0 aliphatic rings. The Morgan fingerprint density at radius 2 is 1.70 bits per heavy atom. The van der Waals surface area contributed by atoms with Gasteiger partial charge in [0.05, 0.1) is 12.3 Å². The highest BCUT2D eigenvalue weighted by Gasteiger charge is 2.03. The van der Waals surface area contributed by atoms with E-state index in [0.717, 1.165) is 24.2 Å². The van der Waals surface area contributed by atoms with Crippen molar-refractivity contribution in [3.05, 3.63) is 48.5 Å². The number of rotatable bonds is 7. The van der Waals surface area contributed by atoms with Gasteiger partial charge in [0.25, 0.3) is 0 Å². The van der Waals surface area contributed by atoms with Crippen molar-refractivity contribution in [1.29, 1.82) is 0 Å². The summed E-state index contributed by atoms with van der Waals surface area (Å²) < 4.78 is 11.0. The predicted octanol–water partition coefficient (Wildman–Crippen LogP) is 3.74. The van der Waals surface area contributed by atoms with Crippen LogP contribution in [0.25, 0.3) is 11.1 Å². The van der Waals surface area contributed by atoms with E-state index in [4.69, 9.17) is 15.2 Å². The van der Waals surface area contributed by atoms with Crippen LogP contribution in [0.1, 0.15) is 13.3 Å². The molecule has 3 heteroatoms. The van der Waals surface area contributed by atoms with Crippen molar-refractivity contribution in [3.8, 4) is 16.9 Å². The molecule has 0 heterocycles. The monoisotopic (exact) mass is 271 g/mol. The molecule has 0 aliphatic heterocycles. The van der Waals surface area contributed by atoms with Crippen LogP contribution >= 0.6 is 0 Å². The molecule has 3 nitrogen and oxygen atoms in total. The minimum absolute atomic E-state index is 0.523. The Morgan fingerprint density at radius 1 is 0.900 bits per heavy atom. The van der Waals surface area contributed by atoms with Crippen molar-refractivity contribution in [2.24, 2.45) is 0 Å². The van der Waals surface area contributed by atoms with Gasteiger partial charge in [-0.2, -0.15) is 0 Å². The summed E-state index contributed by atoms with van der Waals surface area (Å²) in [5.41, 5.74) is 8.93. The molecule has 0 saturated heterocycles. The average Bonchev–Trinajstić information content (AvgIpc) is 2.49. The fourth-order valence-electron chi connectivity index (χ4n) is 1.95. The lowest BCUT2D eigenvalue weighted by Gasteiger charge is -2.11. The van der Waals surface area contributed by atoms with Gasteiger partial charge in [-0.15, -0.1) is 0 Å². The van der Waals surface area contributed by atoms with E-state index in [-0.39, 0.29) is 0 Å². The van der Waals surface area contributed by atoms with Gasteiger partial charge in [-0.3, -0.25) is 0 Å². The fourth-order valence-corrected chi connectivity index (χ4v) is 1.95. The van der Waals surface area contributed by atoms with Gasteiger partial charge in [-0.1, -0.05) is 43.3 Å². The van der Waals surface area contributed by atoms with Crippen molar-refractivity contribution >= 4 is 5.69 Å². The van der Waals surface area contributed by atoms with Crippen LogP contribution in [0.5, 0.6) is 5.75 Å². The average molecular weight is 271 g/mol.